The average molecular weight is 310 g/mol. The molecule has 5 heteroatoms. The van der Waals surface area contributed by atoms with Crippen LogP contribution in [-0.2, 0) is 10.0 Å². The van der Waals surface area contributed by atoms with Crippen molar-refractivity contribution in [2.75, 3.05) is 0 Å². The van der Waals surface area contributed by atoms with Crippen LogP contribution in [0.5, 0.6) is 0 Å². The zero-order valence-electron chi connectivity index (χ0n) is 13.1. The third kappa shape index (κ3) is 3.15. The van der Waals surface area contributed by atoms with E-state index in [0.717, 1.165) is 31.2 Å². The predicted octanol–water partition coefficient (Wildman–Crippen LogP) is 3.05. The van der Waals surface area contributed by atoms with Crippen molar-refractivity contribution in [2.24, 2.45) is 5.73 Å². The van der Waals surface area contributed by atoms with Gasteiger partial charge in [-0.05, 0) is 50.3 Å². The van der Waals surface area contributed by atoms with Crippen molar-refractivity contribution >= 4 is 10.0 Å². The molecule has 1 heterocycles. The second-order valence-electron chi connectivity index (χ2n) is 5.91. The van der Waals surface area contributed by atoms with Crippen LogP contribution < -0.4 is 5.73 Å². The van der Waals surface area contributed by atoms with Crippen LogP contribution in [0, 0.1) is 0 Å². The third-order valence-electron chi connectivity index (χ3n) is 4.48. The highest BCUT2D eigenvalue weighted by molar-refractivity contribution is 7.89. The summed E-state index contributed by atoms with van der Waals surface area (Å²) in [4.78, 5) is 0.371. The van der Waals surface area contributed by atoms with Crippen LogP contribution in [0.15, 0.2) is 29.2 Å². The minimum Gasteiger partial charge on any atom is -0.324 e. The topological polar surface area (TPSA) is 63.4 Å². The van der Waals surface area contributed by atoms with E-state index in [4.69, 9.17) is 5.73 Å². The highest BCUT2D eigenvalue weighted by Crippen LogP contribution is 2.33. The molecule has 2 N–H and O–H groups in total. The lowest BCUT2D eigenvalue weighted by Gasteiger charge is -2.27. The summed E-state index contributed by atoms with van der Waals surface area (Å²) in [6.45, 7) is 6.05. The van der Waals surface area contributed by atoms with Crippen molar-refractivity contribution in [3.05, 3.63) is 29.8 Å². The normalized spacial score (nSPS) is 25.1. The van der Waals surface area contributed by atoms with E-state index < -0.39 is 10.0 Å². The molecule has 1 saturated heterocycles. The van der Waals surface area contributed by atoms with Gasteiger partial charge in [0.05, 0.1) is 4.90 Å². The molecule has 4 nitrogen and oxygen atoms in total. The monoisotopic (exact) mass is 310 g/mol. The molecule has 1 aromatic rings. The van der Waals surface area contributed by atoms with Gasteiger partial charge < -0.3 is 5.73 Å². The summed E-state index contributed by atoms with van der Waals surface area (Å²) >= 11 is 0. The number of rotatable bonds is 5. The molecule has 0 radical (unpaired) electrons. The second kappa shape index (κ2) is 6.46. The number of nitrogens with two attached hydrogens (primary N) is 1. The maximum absolute atomic E-state index is 13.0. The van der Waals surface area contributed by atoms with Crippen LogP contribution in [0.3, 0.4) is 0 Å². The molecule has 1 aliphatic rings. The van der Waals surface area contributed by atoms with Gasteiger partial charge in [0.1, 0.15) is 0 Å². The van der Waals surface area contributed by atoms with E-state index >= 15 is 0 Å². The molecular weight excluding hydrogens is 284 g/mol. The fourth-order valence-corrected chi connectivity index (χ4v) is 5.13. The molecule has 21 heavy (non-hydrogen) atoms. The molecular formula is C16H26N2O2S. The Kier molecular flexibility index (Phi) is 5.07. The van der Waals surface area contributed by atoms with Gasteiger partial charge in [0.25, 0.3) is 0 Å². The molecule has 2 rings (SSSR count). The first-order chi connectivity index (χ1) is 9.91. The summed E-state index contributed by atoms with van der Waals surface area (Å²) in [5.74, 6) is 0. The predicted molar refractivity (Wildman–Crippen MR) is 85.5 cm³/mol. The lowest BCUT2D eigenvalue weighted by atomic mass is 10.1. The fraction of sp³-hybridized carbons (Fsp3) is 0.625. The molecule has 0 aromatic heterocycles. The summed E-state index contributed by atoms with van der Waals surface area (Å²) < 4.78 is 27.6. The number of hydrogen-bond donors (Lipinski definition) is 1. The minimum absolute atomic E-state index is 0.0726. The Labute approximate surface area is 128 Å². The minimum atomic E-state index is -3.44. The number of benzene rings is 1. The lowest BCUT2D eigenvalue weighted by molar-refractivity contribution is 0.328. The van der Waals surface area contributed by atoms with Gasteiger partial charge in [-0.15, -0.1) is 0 Å². The van der Waals surface area contributed by atoms with Crippen molar-refractivity contribution in [3.63, 3.8) is 0 Å². The van der Waals surface area contributed by atoms with Crippen LogP contribution in [0.4, 0.5) is 0 Å². The van der Waals surface area contributed by atoms with Crippen LogP contribution in [-0.4, -0.2) is 24.8 Å². The first-order valence-corrected chi connectivity index (χ1v) is 9.24. The molecule has 1 aliphatic heterocycles. The summed E-state index contributed by atoms with van der Waals surface area (Å²) in [5, 5.41) is 0. The fourth-order valence-electron chi connectivity index (χ4n) is 3.13. The van der Waals surface area contributed by atoms with E-state index in [1.165, 1.54) is 0 Å². The largest absolute Gasteiger partial charge is 0.324 e. The van der Waals surface area contributed by atoms with Gasteiger partial charge in [-0.2, -0.15) is 4.31 Å². The van der Waals surface area contributed by atoms with Gasteiger partial charge >= 0.3 is 0 Å². The van der Waals surface area contributed by atoms with Gasteiger partial charge in [0.2, 0.25) is 10.0 Å². The Balaban J connectivity index is 2.39. The Morgan fingerprint density at radius 3 is 2.67 bits per heavy atom. The van der Waals surface area contributed by atoms with Gasteiger partial charge in [-0.3, -0.25) is 0 Å². The second-order valence-corrected chi connectivity index (χ2v) is 7.75. The van der Waals surface area contributed by atoms with Crippen molar-refractivity contribution in [2.45, 2.75) is 69.5 Å². The summed E-state index contributed by atoms with van der Waals surface area (Å²) in [6.07, 6.45) is 3.54. The highest BCUT2D eigenvalue weighted by atomic mass is 32.2. The molecule has 1 fully saturated rings. The molecule has 0 bridgehead atoms. The van der Waals surface area contributed by atoms with Crippen molar-refractivity contribution in [1.82, 2.24) is 4.31 Å². The Morgan fingerprint density at radius 2 is 2.05 bits per heavy atom. The van der Waals surface area contributed by atoms with Crippen molar-refractivity contribution in [1.29, 1.82) is 0 Å². The van der Waals surface area contributed by atoms with Crippen molar-refractivity contribution < 1.29 is 8.42 Å². The Bertz CT molecular complexity index is 586. The van der Waals surface area contributed by atoms with E-state index in [2.05, 4.69) is 6.92 Å². The first-order valence-electron chi connectivity index (χ1n) is 7.80. The average Bonchev–Trinajstić information content (AvgIpc) is 2.88. The molecule has 3 unspecified atom stereocenters. The van der Waals surface area contributed by atoms with Crippen LogP contribution >= 0.6 is 0 Å². The molecule has 1 aromatic carbocycles. The molecule has 118 valence electrons. The first kappa shape index (κ1) is 16.5. The lowest BCUT2D eigenvalue weighted by Crippen LogP contribution is -2.39. The van der Waals surface area contributed by atoms with Gasteiger partial charge in [-0.1, -0.05) is 26.0 Å². The van der Waals surface area contributed by atoms with Crippen LogP contribution in [0.25, 0.3) is 0 Å². The zero-order chi connectivity index (χ0) is 15.6. The van der Waals surface area contributed by atoms with E-state index in [1.54, 1.807) is 22.5 Å². The van der Waals surface area contributed by atoms with Crippen LogP contribution in [0.1, 0.15) is 58.1 Å². The van der Waals surface area contributed by atoms with E-state index in [1.807, 2.05) is 19.9 Å². The van der Waals surface area contributed by atoms with Gasteiger partial charge in [0, 0.05) is 18.1 Å². The van der Waals surface area contributed by atoms with Gasteiger partial charge in [-0.25, -0.2) is 8.42 Å². The SMILES string of the molecule is CCC(N)c1cccc(S(=O)(=O)N2C(C)CCC2CC)c1. The number of hydrogen-bond acceptors (Lipinski definition) is 3. The molecule has 0 amide bonds. The quantitative estimate of drug-likeness (QED) is 0.909. The van der Waals surface area contributed by atoms with E-state index in [-0.39, 0.29) is 18.1 Å². The Morgan fingerprint density at radius 1 is 1.33 bits per heavy atom. The summed E-state index contributed by atoms with van der Waals surface area (Å²) in [6, 6.07) is 7.19. The summed E-state index contributed by atoms with van der Waals surface area (Å²) in [5.41, 5.74) is 6.92. The Hall–Kier alpha value is -0.910. The third-order valence-corrected chi connectivity index (χ3v) is 6.55. The van der Waals surface area contributed by atoms with E-state index in [9.17, 15) is 8.42 Å². The van der Waals surface area contributed by atoms with Crippen LogP contribution in [0.2, 0.25) is 0 Å². The highest BCUT2D eigenvalue weighted by Gasteiger charge is 2.39. The molecule has 3 atom stereocenters. The number of sulfonamides is 1. The molecule has 0 spiro atoms. The zero-order valence-corrected chi connectivity index (χ0v) is 13.9. The molecule has 0 aliphatic carbocycles. The maximum atomic E-state index is 13.0. The standard InChI is InChI=1S/C16H26N2O2S/c1-4-14-10-9-12(3)18(14)21(19,20)15-8-6-7-13(11-15)16(17)5-2/h6-8,11-12,14,16H,4-5,9-10,17H2,1-3H3. The summed E-state index contributed by atoms with van der Waals surface area (Å²) in [7, 11) is -3.44. The number of nitrogens with zero attached hydrogens (tertiary/aromatic N) is 1. The van der Waals surface area contributed by atoms with Crippen molar-refractivity contribution in [3.8, 4) is 0 Å². The van der Waals surface area contributed by atoms with Gasteiger partial charge in [0.15, 0.2) is 0 Å². The van der Waals surface area contributed by atoms with E-state index in [0.29, 0.717) is 4.90 Å². The maximum Gasteiger partial charge on any atom is 0.243 e. The smallest absolute Gasteiger partial charge is 0.243 e. The molecule has 0 saturated carbocycles.